The van der Waals surface area contributed by atoms with Crippen LogP contribution in [-0.2, 0) is 0 Å². The van der Waals surface area contributed by atoms with E-state index in [2.05, 4.69) is 24.9 Å². The summed E-state index contributed by atoms with van der Waals surface area (Å²) >= 11 is 0. The molecule has 2 rings (SSSR count). The number of furan rings is 1. The highest BCUT2D eigenvalue weighted by Gasteiger charge is 2.13. The lowest BCUT2D eigenvalue weighted by Gasteiger charge is -2.23. The number of nitrogens with two attached hydrogens (primary N) is 1. The second-order valence-corrected chi connectivity index (χ2v) is 4.51. The molecule has 2 N–H and O–H groups in total. The summed E-state index contributed by atoms with van der Waals surface area (Å²) in [5, 5.41) is 1.17. The van der Waals surface area contributed by atoms with Crippen molar-refractivity contribution in [3.8, 4) is 0 Å². The average molecular weight is 232 g/mol. The number of hydrogen-bond donors (Lipinski definition) is 1. The molecule has 0 fully saturated rings. The Balaban J connectivity index is 2.21. The van der Waals surface area contributed by atoms with Gasteiger partial charge in [0.15, 0.2) is 0 Å². The lowest BCUT2D eigenvalue weighted by molar-refractivity contribution is 0.519. The van der Waals surface area contributed by atoms with E-state index in [1.165, 1.54) is 5.39 Å². The van der Waals surface area contributed by atoms with Crippen LogP contribution in [0.5, 0.6) is 0 Å². The van der Waals surface area contributed by atoms with Crippen molar-refractivity contribution < 1.29 is 4.42 Å². The topological polar surface area (TPSA) is 42.4 Å². The van der Waals surface area contributed by atoms with Crippen LogP contribution in [0.15, 0.2) is 34.9 Å². The molecule has 0 saturated carbocycles. The minimum atomic E-state index is 0.536. The van der Waals surface area contributed by atoms with Crippen LogP contribution in [0.3, 0.4) is 0 Å². The first kappa shape index (κ1) is 12.0. The third-order valence-electron chi connectivity index (χ3n) is 3.31. The number of para-hydroxylation sites is 1. The molecule has 0 bridgehead atoms. The lowest BCUT2D eigenvalue weighted by Crippen LogP contribution is -2.29. The molecule has 1 atom stereocenters. The Morgan fingerprint density at radius 1 is 1.35 bits per heavy atom. The molecule has 0 aliphatic rings. The molecule has 1 aromatic carbocycles. The maximum absolute atomic E-state index is 5.75. The lowest BCUT2D eigenvalue weighted by atomic mass is 10.1. The van der Waals surface area contributed by atoms with Gasteiger partial charge in [-0.25, -0.2) is 0 Å². The van der Waals surface area contributed by atoms with E-state index in [4.69, 9.17) is 10.2 Å². The maximum Gasteiger partial charge on any atom is 0.136 e. The van der Waals surface area contributed by atoms with Gasteiger partial charge >= 0.3 is 0 Å². The molecule has 0 saturated heterocycles. The van der Waals surface area contributed by atoms with E-state index in [0.717, 1.165) is 30.8 Å². The molecule has 17 heavy (non-hydrogen) atoms. The Morgan fingerprint density at radius 3 is 2.82 bits per heavy atom. The van der Waals surface area contributed by atoms with Crippen molar-refractivity contribution in [2.75, 3.05) is 25.0 Å². The van der Waals surface area contributed by atoms with Crippen molar-refractivity contribution in [3.63, 3.8) is 0 Å². The van der Waals surface area contributed by atoms with Gasteiger partial charge in [-0.3, -0.25) is 0 Å². The molecule has 1 aromatic heterocycles. The van der Waals surface area contributed by atoms with Crippen LogP contribution in [0.25, 0.3) is 11.0 Å². The number of nitrogens with zero attached hydrogens (tertiary/aromatic N) is 1. The third-order valence-corrected chi connectivity index (χ3v) is 3.31. The summed E-state index contributed by atoms with van der Waals surface area (Å²) in [4.78, 5) is 2.23. The van der Waals surface area contributed by atoms with Gasteiger partial charge in [-0.15, -0.1) is 0 Å². The van der Waals surface area contributed by atoms with Crippen LogP contribution in [0.1, 0.15) is 13.3 Å². The Morgan fingerprint density at radius 2 is 2.12 bits per heavy atom. The van der Waals surface area contributed by atoms with Crippen molar-refractivity contribution in [2.45, 2.75) is 13.3 Å². The Labute approximate surface area is 102 Å². The average Bonchev–Trinajstić information content (AvgIpc) is 2.79. The van der Waals surface area contributed by atoms with Crippen LogP contribution >= 0.6 is 0 Å². The summed E-state index contributed by atoms with van der Waals surface area (Å²) in [6.07, 6.45) is 2.94. The summed E-state index contributed by atoms with van der Waals surface area (Å²) in [6, 6.07) is 8.11. The molecule has 3 heteroatoms. The maximum atomic E-state index is 5.75. The monoisotopic (exact) mass is 232 g/mol. The summed E-state index contributed by atoms with van der Waals surface area (Å²) in [7, 11) is 2.09. The Hall–Kier alpha value is -1.48. The van der Waals surface area contributed by atoms with Crippen LogP contribution in [0.4, 0.5) is 5.69 Å². The number of rotatable bonds is 5. The van der Waals surface area contributed by atoms with Gasteiger partial charge in [0, 0.05) is 19.0 Å². The first-order valence-electron chi connectivity index (χ1n) is 6.13. The zero-order valence-corrected chi connectivity index (χ0v) is 10.5. The zero-order chi connectivity index (χ0) is 12.3. The largest absolute Gasteiger partial charge is 0.462 e. The fourth-order valence-corrected chi connectivity index (χ4v) is 2.12. The number of anilines is 1. The quantitative estimate of drug-likeness (QED) is 0.862. The molecule has 2 aromatic rings. The van der Waals surface area contributed by atoms with Crippen LogP contribution in [0.2, 0.25) is 0 Å². The number of fused-ring (bicyclic) bond motifs is 1. The van der Waals surface area contributed by atoms with Crippen molar-refractivity contribution in [2.24, 2.45) is 11.7 Å². The van der Waals surface area contributed by atoms with Gasteiger partial charge in [-0.2, -0.15) is 0 Å². The molecule has 0 aliphatic carbocycles. The molecular weight excluding hydrogens is 212 g/mol. The van der Waals surface area contributed by atoms with Gasteiger partial charge in [0.25, 0.3) is 0 Å². The van der Waals surface area contributed by atoms with Gasteiger partial charge in [0.05, 0.1) is 5.69 Å². The van der Waals surface area contributed by atoms with E-state index in [1.807, 2.05) is 24.5 Å². The van der Waals surface area contributed by atoms with E-state index in [0.29, 0.717) is 5.92 Å². The molecule has 0 spiro atoms. The van der Waals surface area contributed by atoms with E-state index >= 15 is 0 Å². The highest BCUT2D eigenvalue weighted by atomic mass is 16.3. The third kappa shape index (κ3) is 2.44. The molecule has 0 radical (unpaired) electrons. The molecule has 92 valence electrons. The predicted molar refractivity (Wildman–Crippen MR) is 72.3 cm³/mol. The van der Waals surface area contributed by atoms with E-state index in [1.54, 1.807) is 0 Å². The van der Waals surface area contributed by atoms with Crippen molar-refractivity contribution in [1.29, 1.82) is 0 Å². The molecular formula is C14H20N2O. The molecule has 1 heterocycles. The fourth-order valence-electron chi connectivity index (χ4n) is 2.12. The minimum Gasteiger partial charge on any atom is -0.462 e. The second-order valence-electron chi connectivity index (χ2n) is 4.51. The number of hydrogen-bond acceptors (Lipinski definition) is 3. The normalized spacial score (nSPS) is 12.9. The molecule has 3 nitrogen and oxygen atoms in total. The van der Waals surface area contributed by atoms with E-state index in [-0.39, 0.29) is 0 Å². The van der Waals surface area contributed by atoms with E-state index in [9.17, 15) is 0 Å². The van der Waals surface area contributed by atoms with Gasteiger partial charge in [-0.1, -0.05) is 25.5 Å². The summed E-state index contributed by atoms with van der Waals surface area (Å²) < 4.78 is 5.55. The summed E-state index contributed by atoms with van der Waals surface area (Å²) in [6.45, 7) is 3.88. The smallest absolute Gasteiger partial charge is 0.136 e. The standard InChI is InChI=1S/C14H20N2O/c1-3-11(8-15)9-16(2)13-10-17-14-7-5-4-6-12(13)14/h4-7,10-11H,3,8-9,15H2,1-2H3. The predicted octanol–water partition coefficient (Wildman–Crippen LogP) is 2.85. The first-order valence-corrected chi connectivity index (χ1v) is 6.13. The second kappa shape index (κ2) is 5.23. The SMILES string of the molecule is CCC(CN)CN(C)c1coc2ccccc12. The Kier molecular flexibility index (Phi) is 3.69. The van der Waals surface area contributed by atoms with E-state index < -0.39 is 0 Å². The minimum absolute atomic E-state index is 0.536. The summed E-state index contributed by atoms with van der Waals surface area (Å²) in [5.41, 5.74) is 7.83. The first-order chi connectivity index (χ1) is 8.26. The summed E-state index contributed by atoms with van der Waals surface area (Å²) in [5.74, 6) is 0.536. The molecule has 0 amide bonds. The van der Waals surface area contributed by atoms with Crippen LogP contribution < -0.4 is 10.6 Å². The Bertz CT molecular complexity index is 474. The van der Waals surface area contributed by atoms with Crippen molar-refractivity contribution in [3.05, 3.63) is 30.5 Å². The van der Waals surface area contributed by atoms with Crippen LogP contribution in [0, 0.1) is 5.92 Å². The number of benzene rings is 1. The molecule has 1 unspecified atom stereocenters. The fraction of sp³-hybridized carbons (Fsp3) is 0.429. The van der Waals surface area contributed by atoms with Crippen LogP contribution in [-0.4, -0.2) is 20.1 Å². The van der Waals surface area contributed by atoms with Gasteiger partial charge < -0.3 is 15.1 Å². The highest BCUT2D eigenvalue weighted by molar-refractivity contribution is 5.90. The van der Waals surface area contributed by atoms with Gasteiger partial charge in [-0.05, 0) is 24.6 Å². The van der Waals surface area contributed by atoms with Gasteiger partial charge in [0.2, 0.25) is 0 Å². The van der Waals surface area contributed by atoms with Crippen molar-refractivity contribution >= 4 is 16.7 Å². The van der Waals surface area contributed by atoms with Gasteiger partial charge in [0.1, 0.15) is 11.8 Å². The molecule has 0 aliphatic heterocycles. The van der Waals surface area contributed by atoms with Crippen molar-refractivity contribution in [1.82, 2.24) is 0 Å². The zero-order valence-electron chi connectivity index (χ0n) is 10.5. The highest BCUT2D eigenvalue weighted by Crippen LogP contribution is 2.28.